The quantitative estimate of drug-likeness (QED) is 0.550. The molecule has 2 aliphatic rings. The third kappa shape index (κ3) is 5.49. The fourth-order valence-electron chi connectivity index (χ4n) is 5.54. The van der Waals surface area contributed by atoms with Gasteiger partial charge in [-0.3, -0.25) is 9.59 Å². The summed E-state index contributed by atoms with van der Waals surface area (Å²) in [6, 6.07) is 13.3. The maximum absolute atomic E-state index is 13.8. The van der Waals surface area contributed by atoms with Crippen molar-refractivity contribution in [3.05, 3.63) is 64.7 Å². The topological polar surface area (TPSA) is 89.9 Å². The van der Waals surface area contributed by atoms with Gasteiger partial charge in [-0.1, -0.05) is 62.6 Å². The van der Waals surface area contributed by atoms with E-state index in [-0.39, 0.29) is 23.5 Å². The molecule has 2 aromatic carbocycles. The number of nitrogens with zero attached hydrogens (tertiary/aromatic N) is 1. The minimum absolute atomic E-state index is 0.0436. The van der Waals surface area contributed by atoms with Gasteiger partial charge in [-0.25, -0.2) is 0 Å². The molecule has 7 heteroatoms. The molecule has 1 saturated carbocycles. The fraction of sp³-hybridized carbons (Fsp3) is 0.500. The average molecular weight is 499 g/mol. The van der Waals surface area contributed by atoms with Crippen molar-refractivity contribution in [3.8, 4) is 5.75 Å². The molecule has 0 radical (unpaired) electrons. The summed E-state index contributed by atoms with van der Waals surface area (Å²) in [5.74, 6) is -0.0898. The summed E-state index contributed by atoms with van der Waals surface area (Å²) in [7, 11) is 0. The zero-order valence-corrected chi connectivity index (χ0v) is 21.2. The number of likely N-dealkylation sites (tertiary alicyclic amines) is 1. The normalized spacial score (nSPS) is 23.1. The minimum atomic E-state index is -1.10. The third-order valence-corrected chi connectivity index (χ3v) is 8.05. The van der Waals surface area contributed by atoms with Gasteiger partial charge in [0, 0.05) is 35.9 Å². The first-order valence-corrected chi connectivity index (χ1v) is 12.8. The maximum atomic E-state index is 13.8. The molecule has 4 rings (SSSR count). The third-order valence-electron chi connectivity index (χ3n) is 7.80. The molecule has 6 nitrogen and oxygen atoms in total. The van der Waals surface area contributed by atoms with Gasteiger partial charge in [0.25, 0.3) is 0 Å². The van der Waals surface area contributed by atoms with Gasteiger partial charge in [-0.15, -0.1) is 0 Å². The Labute approximate surface area is 212 Å². The standard InChI is InChI=1S/C28H35ClN2O4/c1-27(2)18-31(16-15-28(27,35)21-9-11-22(29)12-10-21)26(34)24(17-19-7-13-23(32)14-8-19)30-25(33)20-5-3-4-6-20/h7-14,20,24,32,35H,3-6,15-18H2,1-2H3,(H,30,33)/t24-,28+/m1/s1. The molecule has 188 valence electrons. The number of phenolic OH excluding ortho intramolecular Hbond substituents is 1. The second kappa shape index (κ2) is 10.2. The van der Waals surface area contributed by atoms with E-state index in [4.69, 9.17) is 11.6 Å². The van der Waals surface area contributed by atoms with E-state index >= 15 is 0 Å². The SMILES string of the molecule is CC1(C)CN(C(=O)[C@@H](Cc2ccc(O)cc2)NC(=O)C2CCCC2)CC[C@]1(O)c1ccc(Cl)cc1. The van der Waals surface area contributed by atoms with E-state index < -0.39 is 17.1 Å². The van der Waals surface area contributed by atoms with Crippen molar-refractivity contribution in [3.63, 3.8) is 0 Å². The highest BCUT2D eigenvalue weighted by Crippen LogP contribution is 2.46. The number of carbonyl (C=O) groups excluding carboxylic acids is 2. The Balaban J connectivity index is 1.53. The zero-order chi connectivity index (χ0) is 25.2. The van der Waals surface area contributed by atoms with Crippen LogP contribution in [-0.4, -0.2) is 46.1 Å². The summed E-state index contributed by atoms with van der Waals surface area (Å²) in [6.45, 7) is 4.67. The van der Waals surface area contributed by atoms with Gasteiger partial charge in [-0.2, -0.15) is 0 Å². The highest BCUT2D eigenvalue weighted by atomic mass is 35.5. The van der Waals surface area contributed by atoms with Gasteiger partial charge in [0.1, 0.15) is 11.8 Å². The predicted octanol–water partition coefficient (Wildman–Crippen LogP) is 4.41. The number of amides is 2. The summed E-state index contributed by atoms with van der Waals surface area (Å²) >= 11 is 6.05. The van der Waals surface area contributed by atoms with Crippen LogP contribution in [-0.2, 0) is 21.6 Å². The minimum Gasteiger partial charge on any atom is -0.508 e. The van der Waals surface area contributed by atoms with Crippen molar-refractivity contribution in [2.24, 2.45) is 11.3 Å². The summed E-state index contributed by atoms with van der Waals surface area (Å²) < 4.78 is 0. The van der Waals surface area contributed by atoms with Crippen molar-refractivity contribution < 1.29 is 19.8 Å². The Kier molecular flexibility index (Phi) is 7.43. The summed E-state index contributed by atoms with van der Waals surface area (Å²) in [4.78, 5) is 28.5. The molecule has 0 bridgehead atoms. The first-order valence-electron chi connectivity index (χ1n) is 12.4. The van der Waals surface area contributed by atoms with Gasteiger partial charge in [0.2, 0.25) is 11.8 Å². The second-order valence-corrected chi connectivity index (χ2v) is 11.1. The smallest absolute Gasteiger partial charge is 0.245 e. The number of rotatable bonds is 6. The van der Waals surface area contributed by atoms with Crippen molar-refractivity contribution in [2.75, 3.05) is 13.1 Å². The highest BCUT2D eigenvalue weighted by Gasteiger charge is 2.50. The van der Waals surface area contributed by atoms with E-state index in [0.717, 1.165) is 36.8 Å². The Morgan fingerprint density at radius 2 is 1.71 bits per heavy atom. The number of phenols is 1. The molecule has 1 aliphatic carbocycles. The monoisotopic (exact) mass is 498 g/mol. The van der Waals surface area contributed by atoms with Crippen LogP contribution < -0.4 is 5.32 Å². The van der Waals surface area contributed by atoms with Crippen molar-refractivity contribution in [1.29, 1.82) is 0 Å². The molecule has 1 saturated heterocycles. The Hall–Kier alpha value is -2.57. The van der Waals surface area contributed by atoms with Crippen LogP contribution in [0.4, 0.5) is 0 Å². The number of aromatic hydroxyl groups is 1. The van der Waals surface area contributed by atoms with E-state index in [9.17, 15) is 19.8 Å². The second-order valence-electron chi connectivity index (χ2n) is 10.7. The molecule has 0 unspecified atom stereocenters. The summed E-state index contributed by atoms with van der Waals surface area (Å²) in [6.07, 6.45) is 4.52. The number of nitrogens with one attached hydrogen (secondary N) is 1. The number of hydrogen-bond donors (Lipinski definition) is 3. The largest absolute Gasteiger partial charge is 0.508 e. The van der Waals surface area contributed by atoms with Crippen LogP contribution in [0.25, 0.3) is 0 Å². The first kappa shape index (κ1) is 25.5. The molecule has 1 aliphatic heterocycles. The van der Waals surface area contributed by atoms with E-state index in [0.29, 0.717) is 31.0 Å². The number of hydrogen-bond acceptors (Lipinski definition) is 4. The molecule has 2 atom stereocenters. The lowest BCUT2D eigenvalue weighted by atomic mass is 9.66. The first-order chi connectivity index (χ1) is 16.6. The number of benzene rings is 2. The number of aliphatic hydroxyl groups is 1. The molecule has 0 aromatic heterocycles. The Morgan fingerprint density at radius 3 is 2.31 bits per heavy atom. The lowest BCUT2D eigenvalue weighted by Gasteiger charge is -2.51. The molecule has 2 fully saturated rings. The summed E-state index contributed by atoms with van der Waals surface area (Å²) in [5.41, 5.74) is -0.0720. The van der Waals surface area contributed by atoms with E-state index in [1.54, 1.807) is 41.3 Å². The molecule has 2 aromatic rings. The highest BCUT2D eigenvalue weighted by molar-refractivity contribution is 6.30. The van der Waals surface area contributed by atoms with Gasteiger partial charge in [0.05, 0.1) is 5.60 Å². The van der Waals surface area contributed by atoms with Gasteiger partial charge >= 0.3 is 0 Å². The van der Waals surface area contributed by atoms with E-state index in [1.807, 2.05) is 26.0 Å². The number of halogens is 1. The molecule has 1 heterocycles. The predicted molar refractivity (Wildman–Crippen MR) is 136 cm³/mol. The van der Waals surface area contributed by atoms with Crippen LogP contribution in [0.5, 0.6) is 5.75 Å². The van der Waals surface area contributed by atoms with Crippen LogP contribution in [0.15, 0.2) is 48.5 Å². The average Bonchev–Trinajstić information content (AvgIpc) is 3.37. The van der Waals surface area contributed by atoms with Crippen LogP contribution in [0.1, 0.15) is 57.1 Å². The van der Waals surface area contributed by atoms with Gasteiger partial charge in [-0.05, 0) is 54.7 Å². The molecular weight excluding hydrogens is 464 g/mol. The van der Waals surface area contributed by atoms with Crippen LogP contribution in [0.3, 0.4) is 0 Å². The maximum Gasteiger partial charge on any atom is 0.245 e. The van der Waals surface area contributed by atoms with Crippen LogP contribution >= 0.6 is 11.6 Å². The molecule has 0 spiro atoms. The van der Waals surface area contributed by atoms with Crippen LogP contribution in [0.2, 0.25) is 5.02 Å². The Bertz CT molecular complexity index is 1050. The van der Waals surface area contributed by atoms with Crippen molar-refractivity contribution in [2.45, 2.75) is 64.0 Å². The molecule has 35 heavy (non-hydrogen) atoms. The molecule has 3 N–H and O–H groups in total. The Morgan fingerprint density at radius 1 is 1.09 bits per heavy atom. The van der Waals surface area contributed by atoms with Gasteiger partial charge < -0.3 is 20.4 Å². The summed E-state index contributed by atoms with van der Waals surface area (Å²) in [5, 5.41) is 25.0. The number of carbonyl (C=O) groups is 2. The molecule has 2 amide bonds. The van der Waals surface area contributed by atoms with Gasteiger partial charge in [0.15, 0.2) is 0 Å². The molecular formula is C28H35ClN2O4. The van der Waals surface area contributed by atoms with Crippen molar-refractivity contribution >= 4 is 23.4 Å². The lowest BCUT2D eigenvalue weighted by molar-refractivity contribution is -0.156. The number of piperidine rings is 1. The fourth-order valence-corrected chi connectivity index (χ4v) is 5.66. The van der Waals surface area contributed by atoms with E-state index in [2.05, 4.69) is 5.32 Å². The zero-order valence-electron chi connectivity index (χ0n) is 20.5. The van der Waals surface area contributed by atoms with Crippen molar-refractivity contribution in [1.82, 2.24) is 10.2 Å². The van der Waals surface area contributed by atoms with E-state index in [1.165, 1.54) is 0 Å². The van der Waals surface area contributed by atoms with Crippen LogP contribution in [0, 0.1) is 11.3 Å². The lowest BCUT2D eigenvalue weighted by Crippen LogP contribution is -2.60.